The Kier molecular flexibility index (Phi) is 8.49. The van der Waals surface area contributed by atoms with E-state index in [4.69, 9.17) is 28.3 Å². The molecule has 5 rings (SSSR count). The van der Waals surface area contributed by atoms with Crippen LogP contribution in [0, 0.1) is 9.49 Å². The first-order chi connectivity index (χ1) is 18.7. The quantitative estimate of drug-likeness (QED) is 0.188. The van der Waals surface area contributed by atoms with Crippen LogP contribution in [-0.2, 0) is 9.59 Å². The molecule has 3 aromatic carbocycles. The highest BCUT2D eigenvalue weighted by Crippen LogP contribution is 2.50. The lowest BCUT2D eigenvalue weighted by molar-refractivity contribution is -0.137. The summed E-state index contributed by atoms with van der Waals surface area (Å²) in [6.45, 7) is 0.306. The van der Waals surface area contributed by atoms with Crippen molar-refractivity contribution in [3.05, 3.63) is 97.0 Å². The second-order valence-electron chi connectivity index (χ2n) is 10.0. The molecule has 9 heteroatoms. The molecule has 1 saturated carbocycles. The van der Waals surface area contributed by atoms with Crippen molar-refractivity contribution in [3.63, 3.8) is 0 Å². The molecule has 0 spiro atoms. The average molecular weight is 677 g/mol. The van der Waals surface area contributed by atoms with E-state index in [9.17, 15) is 14.4 Å². The second-order valence-corrected chi connectivity index (χ2v) is 12.1. The van der Waals surface area contributed by atoms with Crippen molar-refractivity contribution in [2.24, 2.45) is 5.92 Å². The Balaban J connectivity index is 1.67. The molecule has 0 radical (unpaired) electrons. The van der Waals surface area contributed by atoms with Crippen LogP contribution in [-0.4, -0.2) is 34.3 Å². The number of amides is 2. The highest BCUT2D eigenvalue weighted by atomic mass is 127. The van der Waals surface area contributed by atoms with Crippen molar-refractivity contribution in [1.29, 1.82) is 0 Å². The van der Waals surface area contributed by atoms with E-state index < -0.39 is 12.0 Å². The number of hydrogen-bond donors (Lipinski definition) is 1. The molecule has 6 nitrogen and oxygen atoms in total. The summed E-state index contributed by atoms with van der Waals surface area (Å²) in [7, 11) is 0. The number of carbonyl (C=O) groups excluding carboxylic acids is 2. The maximum absolute atomic E-state index is 14.6. The van der Waals surface area contributed by atoms with Crippen LogP contribution in [0.4, 0.5) is 5.69 Å². The maximum atomic E-state index is 14.6. The van der Waals surface area contributed by atoms with E-state index in [-0.39, 0.29) is 30.2 Å². The monoisotopic (exact) mass is 676 g/mol. The molecule has 1 aliphatic carbocycles. The van der Waals surface area contributed by atoms with Crippen LogP contribution in [0.3, 0.4) is 0 Å². The molecule has 1 aliphatic heterocycles. The van der Waals surface area contributed by atoms with Gasteiger partial charge in [-0.05, 0) is 108 Å². The molecule has 0 bridgehead atoms. The number of carboxylic acid groups (broad SMARTS) is 1. The van der Waals surface area contributed by atoms with Crippen LogP contribution < -0.4 is 4.90 Å². The van der Waals surface area contributed by atoms with Crippen molar-refractivity contribution in [2.75, 3.05) is 11.4 Å². The highest BCUT2D eigenvalue weighted by molar-refractivity contribution is 14.1. The zero-order valence-electron chi connectivity index (χ0n) is 21.0. The molecule has 0 saturated heterocycles. The fraction of sp³-hybridized carbons (Fsp3) is 0.300. The number of carbonyl (C=O) groups is 3. The summed E-state index contributed by atoms with van der Waals surface area (Å²) in [5.74, 6) is -1.09. The van der Waals surface area contributed by atoms with Gasteiger partial charge in [0.15, 0.2) is 0 Å². The van der Waals surface area contributed by atoms with Crippen molar-refractivity contribution < 1.29 is 19.5 Å². The molecule has 1 N–H and O–H groups in total. The zero-order valence-corrected chi connectivity index (χ0v) is 24.7. The number of fused-ring (bicyclic) bond motifs is 1. The Morgan fingerprint density at radius 3 is 2.21 bits per heavy atom. The molecular weight excluding hydrogens is 650 g/mol. The summed E-state index contributed by atoms with van der Waals surface area (Å²) in [4.78, 5) is 43.7. The van der Waals surface area contributed by atoms with Crippen LogP contribution >= 0.6 is 45.8 Å². The van der Waals surface area contributed by atoms with E-state index >= 15 is 0 Å². The Morgan fingerprint density at radius 1 is 0.949 bits per heavy atom. The smallest absolute Gasteiger partial charge is 0.303 e. The standard InChI is InChI=1S/C30H27Cl2IN2O4/c31-21-10-6-19(7-11-21)27(18-4-5-18)35-28(20-8-12-22(32)13-9-20)30(39)34(16-2-1-3-26(36)37)25-15-14-23(33)17-24(25)29(35)38/h6-15,17-18,27-28H,1-5,16H2,(H,36,37)/t27-,28+/m1/s1. The fourth-order valence-electron chi connectivity index (χ4n) is 5.30. The Bertz CT molecular complexity index is 1390. The molecule has 39 heavy (non-hydrogen) atoms. The first-order valence-electron chi connectivity index (χ1n) is 12.9. The van der Waals surface area contributed by atoms with Gasteiger partial charge in [0.05, 0.1) is 17.3 Å². The zero-order chi connectivity index (χ0) is 27.7. The van der Waals surface area contributed by atoms with Crippen molar-refractivity contribution in [2.45, 2.75) is 44.2 Å². The van der Waals surface area contributed by atoms with E-state index in [2.05, 4.69) is 22.6 Å². The van der Waals surface area contributed by atoms with Gasteiger partial charge in [-0.1, -0.05) is 47.5 Å². The van der Waals surface area contributed by atoms with Crippen LogP contribution in [0.2, 0.25) is 10.0 Å². The summed E-state index contributed by atoms with van der Waals surface area (Å²) in [5.41, 5.74) is 2.62. The van der Waals surface area contributed by atoms with Crippen molar-refractivity contribution >= 4 is 69.3 Å². The number of hydrogen-bond acceptors (Lipinski definition) is 3. The topological polar surface area (TPSA) is 77.9 Å². The lowest BCUT2D eigenvalue weighted by Crippen LogP contribution is -2.45. The largest absolute Gasteiger partial charge is 0.481 e. The average Bonchev–Trinajstić information content (AvgIpc) is 3.75. The van der Waals surface area contributed by atoms with Gasteiger partial charge in [0, 0.05) is 26.6 Å². The normalized spacial score (nSPS) is 18.1. The molecular formula is C30H27Cl2IN2O4. The molecule has 0 unspecified atom stereocenters. The first kappa shape index (κ1) is 27.9. The minimum atomic E-state index is -0.888. The third-order valence-electron chi connectivity index (χ3n) is 7.28. The van der Waals surface area contributed by atoms with Crippen LogP contribution in [0.1, 0.15) is 65.7 Å². The van der Waals surface area contributed by atoms with Gasteiger partial charge in [-0.3, -0.25) is 14.4 Å². The van der Waals surface area contributed by atoms with E-state index in [1.807, 2.05) is 42.5 Å². The molecule has 1 fully saturated rings. The molecule has 1 heterocycles. The summed E-state index contributed by atoms with van der Waals surface area (Å²) in [6, 6.07) is 18.9. The molecule has 202 valence electrons. The number of unbranched alkanes of at least 4 members (excludes halogenated alkanes) is 1. The molecule has 2 atom stereocenters. The summed E-state index contributed by atoms with van der Waals surface area (Å²) in [5, 5.41) is 10.3. The number of anilines is 1. The van der Waals surface area contributed by atoms with Gasteiger partial charge in [-0.2, -0.15) is 0 Å². The van der Waals surface area contributed by atoms with Gasteiger partial charge >= 0.3 is 5.97 Å². The van der Waals surface area contributed by atoms with Gasteiger partial charge in [-0.25, -0.2) is 0 Å². The van der Waals surface area contributed by atoms with Crippen molar-refractivity contribution in [3.8, 4) is 0 Å². The summed E-state index contributed by atoms with van der Waals surface area (Å²) in [6.07, 6.45) is 2.85. The van der Waals surface area contributed by atoms with Crippen LogP contribution in [0.15, 0.2) is 66.7 Å². The SMILES string of the molecule is O=C(O)CCCCN1C(=O)[C@H](c2ccc(Cl)cc2)N([C@@H](c2ccc(Cl)cc2)C2CC2)C(=O)c2cc(I)ccc21. The first-order valence-corrected chi connectivity index (χ1v) is 14.7. The van der Waals surface area contributed by atoms with Gasteiger partial charge in [0.2, 0.25) is 0 Å². The number of carboxylic acids is 1. The lowest BCUT2D eigenvalue weighted by Gasteiger charge is -2.38. The van der Waals surface area contributed by atoms with Crippen molar-refractivity contribution in [1.82, 2.24) is 4.90 Å². The Labute approximate surface area is 251 Å². The molecule has 2 amide bonds. The third-order valence-corrected chi connectivity index (χ3v) is 8.46. The van der Waals surface area contributed by atoms with Crippen LogP contribution in [0.5, 0.6) is 0 Å². The lowest BCUT2D eigenvalue weighted by atomic mass is 9.94. The number of nitrogens with zero attached hydrogens (tertiary/aromatic N) is 2. The van der Waals surface area contributed by atoms with Crippen LogP contribution in [0.25, 0.3) is 0 Å². The predicted molar refractivity (Wildman–Crippen MR) is 160 cm³/mol. The number of halogens is 3. The second kappa shape index (κ2) is 11.9. The number of rotatable bonds is 9. The van der Waals surface area contributed by atoms with Gasteiger partial charge < -0.3 is 14.9 Å². The van der Waals surface area contributed by atoms with Gasteiger partial charge in [-0.15, -0.1) is 0 Å². The van der Waals surface area contributed by atoms with E-state index in [1.165, 1.54) is 0 Å². The van der Waals surface area contributed by atoms with Gasteiger partial charge in [0.25, 0.3) is 11.8 Å². The number of aliphatic carboxylic acids is 1. The third kappa shape index (κ3) is 6.10. The summed E-state index contributed by atoms with van der Waals surface area (Å²) >= 11 is 14.6. The van der Waals surface area contributed by atoms with E-state index in [0.717, 1.165) is 22.0 Å². The Morgan fingerprint density at radius 2 is 1.59 bits per heavy atom. The maximum Gasteiger partial charge on any atom is 0.303 e. The fourth-order valence-corrected chi connectivity index (χ4v) is 6.04. The minimum absolute atomic E-state index is 0.0214. The van der Waals surface area contributed by atoms with E-state index in [1.54, 1.807) is 34.1 Å². The highest BCUT2D eigenvalue weighted by Gasteiger charge is 2.48. The van der Waals surface area contributed by atoms with E-state index in [0.29, 0.717) is 46.2 Å². The van der Waals surface area contributed by atoms with Gasteiger partial charge in [0.1, 0.15) is 6.04 Å². The summed E-state index contributed by atoms with van der Waals surface area (Å²) < 4.78 is 0.886. The molecule has 2 aliphatic rings. The predicted octanol–water partition coefficient (Wildman–Crippen LogP) is 7.53. The minimum Gasteiger partial charge on any atom is -0.481 e. The number of benzene rings is 3. The molecule has 0 aromatic heterocycles. The Hall–Kier alpha value is -2.62. The molecule has 3 aromatic rings.